The molecular weight excluding hydrogens is 352 g/mol. The van der Waals surface area contributed by atoms with E-state index in [0.29, 0.717) is 29.6 Å². The number of ether oxygens (including phenoxy) is 1. The quantitative estimate of drug-likeness (QED) is 0.727. The van der Waals surface area contributed by atoms with E-state index in [0.717, 1.165) is 37.7 Å². The lowest BCUT2D eigenvalue weighted by molar-refractivity contribution is -0.193. The lowest BCUT2D eigenvalue weighted by Gasteiger charge is -2.61. The molecule has 2 N–H and O–H groups in total. The van der Waals surface area contributed by atoms with Gasteiger partial charge in [-0.15, -0.1) is 0 Å². The van der Waals surface area contributed by atoms with Gasteiger partial charge in [0.1, 0.15) is 11.2 Å². The van der Waals surface area contributed by atoms with Gasteiger partial charge in [0.25, 0.3) is 0 Å². The maximum atomic E-state index is 12.0. The summed E-state index contributed by atoms with van der Waals surface area (Å²) in [6, 6.07) is 1.93. The Kier molecular flexibility index (Phi) is 3.40. The van der Waals surface area contributed by atoms with Gasteiger partial charge in [-0.25, -0.2) is 0 Å². The molecule has 1 aromatic heterocycles. The average molecular weight is 385 g/mol. The van der Waals surface area contributed by atoms with Crippen molar-refractivity contribution in [2.24, 2.45) is 28.6 Å². The van der Waals surface area contributed by atoms with E-state index in [1.165, 1.54) is 12.8 Å². The SMILES string of the molecule is C[C@]12CC[C@H](O)C[C@H]1CC[C@@H]1[C@@H]2CC[C@@]2(C)[C@@]13O[C@@H]3C[C@@]2(O)c1ccnnc1. The van der Waals surface area contributed by atoms with Gasteiger partial charge in [-0.05, 0) is 74.2 Å². The largest absolute Gasteiger partial charge is 0.393 e. The highest BCUT2D eigenvalue weighted by Gasteiger charge is 2.84. The maximum Gasteiger partial charge on any atom is 0.106 e. The zero-order chi connectivity index (χ0) is 19.4. The van der Waals surface area contributed by atoms with Gasteiger partial charge in [0, 0.05) is 23.6 Å². The molecule has 6 rings (SSSR count). The third kappa shape index (κ3) is 1.85. The molecule has 5 heteroatoms. The second-order valence-electron chi connectivity index (χ2n) is 10.9. The summed E-state index contributed by atoms with van der Waals surface area (Å²) < 4.78 is 6.53. The highest BCUT2D eigenvalue weighted by molar-refractivity contribution is 5.37. The fraction of sp³-hybridized carbons (Fsp3) is 0.826. The van der Waals surface area contributed by atoms with Gasteiger partial charge >= 0.3 is 0 Å². The second kappa shape index (κ2) is 5.35. The molecule has 9 atom stereocenters. The van der Waals surface area contributed by atoms with Gasteiger partial charge in [0.2, 0.25) is 0 Å². The first-order chi connectivity index (χ1) is 13.4. The number of aromatic nitrogens is 2. The fourth-order valence-electron chi connectivity index (χ4n) is 8.67. The van der Waals surface area contributed by atoms with Crippen LogP contribution in [0.2, 0.25) is 0 Å². The van der Waals surface area contributed by atoms with Crippen LogP contribution < -0.4 is 0 Å². The molecular formula is C23H32N2O3. The van der Waals surface area contributed by atoms with Crippen LogP contribution in [-0.2, 0) is 10.3 Å². The van der Waals surface area contributed by atoms with Crippen molar-refractivity contribution in [1.29, 1.82) is 0 Å². The Hall–Kier alpha value is -1.04. The molecule has 1 spiro atoms. The van der Waals surface area contributed by atoms with Gasteiger partial charge in [-0.2, -0.15) is 10.2 Å². The van der Waals surface area contributed by atoms with Crippen LogP contribution in [0.15, 0.2) is 18.5 Å². The summed E-state index contributed by atoms with van der Waals surface area (Å²) in [5.41, 5.74) is -0.116. The highest BCUT2D eigenvalue weighted by Crippen LogP contribution is 2.78. The minimum absolute atomic E-state index is 0.109. The first-order valence-corrected chi connectivity index (χ1v) is 11.2. The van der Waals surface area contributed by atoms with Crippen molar-refractivity contribution >= 4 is 0 Å². The van der Waals surface area contributed by atoms with E-state index in [1.54, 1.807) is 12.4 Å². The topological polar surface area (TPSA) is 78.8 Å². The third-order valence-corrected chi connectivity index (χ3v) is 10.2. The van der Waals surface area contributed by atoms with Crippen molar-refractivity contribution in [3.05, 3.63) is 24.0 Å². The van der Waals surface area contributed by atoms with Crippen molar-refractivity contribution in [3.8, 4) is 0 Å². The standard InChI is InChI=1S/C23H32N2O3/c1-20-8-5-16(26)11-14(20)3-4-18-17(20)6-9-21(2)22(27,12-19-23(18,21)28-19)15-7-10-24-25-13-15/h7,10,13-14,16-19,26-27H,3-6,8-9,11-12H2,1-2H3/t14-,16+,17+,18-,19-,20+,21-,22-,23-/m1/s1. The number of nitrogens with zero attached hydrogens (tertiary/aromatic N) is 2. The van der Waals surface area contributed by atoms with Crippen LogP contribution >= 0.6 is 0 Å². The molecule has 5 nitrogen and oxygen atoms in total. The zero-order valence-electron chi connectivity index (χ0n) is 17.0. The molecule has 152 valence electrons. The lowest BCUT2D eigenvalue weighted by atomic mass is 9.43. The zero-order valence-corrected chi connectivity index (χ0v) is 17.0. The molecule has 5 fully saturated rings. The summed E-state index contributed by atoms with van der Waals surface area (Å²) in [6.45, 7) is 4.76. The van der Waals surface area contributed by atoms with E-state index >= 15 is 0 Å². The summed E-state index contributed by atoms with van der Waals surface area (Å²) in [5, 5.41) is 30.2. The predicted molar refractivity (Wildman–Crippen MR) is 103 cm³/mol. The summed E-state index contributed by atoms with van der Waals surface area (Å²) in [6.07, 6.45) is 11.7. The number of hydrogen-bond donors (Lipinski definition) is 2. The van der Waals surface area contributed by atoms with Gasteiger partial charge in [-0.3, -0.25) is 0 Å². The van der Waals surface area contributed by atoms with E-state index in [-0.39, 0.29) is 23.2 Å². The Morgan fingerprint density at radius 2 is 1.93 bits per heavy atom. The number of aliphatic hydroxyl groups is 2. The first kappa shape index (κ1) is 17.8. The summed E-state index contributed by atoms with van der Waals surface area (Å²) in [4.78, 5) is 0. The molecule has 0 radical (unpaired) electrons. The van der Waals surface area contributed by atoms with Crippen LogP contribution in [0.4, 0.5) is 0 Å². The Morgan fingerprint density at radius 1 is 1.07 bits per heavy atom. The van der Waals surface area contributed by atoms with Gasteiger partial charge < -0.3 is 14.9 Å². The summed E-state index contributed by atoms with van der Waals surface area (Å²) in [7, 11) is 0. The highest BCUT2D eigenvalue weighted by atomic mass is 16.6. The summed E-state index contributed by atoms with van der Waals surface area (Å²) >= 11 is 0. The van der Waals surface area contributed by atoms with Crippen LogP contribution in [0.3, 0.4) is 0 Å². The van der Waals surface area contributed by atoms with Crippen molar-refractivity contribution in [1.82, 2.24) is 10.2 Å². The van der Waals surface area contributed by atoms with Crippen molar-refractivity contribution < 1.29 is 14.9 Å². The smallest absolute Gasteiger partial charge is 0.106 e. The van der Waals surface area contributed by atoms with Gasteiger partial charge in [0.15, 0.2) is 0 Å². The lowest BCUT2D eigenvalue weighted by Crippen LogP contribution is -2.61. The number of fused-ring (bicyclic) bond motifs is 3. The molecule has 0 aromatic carbocycles. The molecule has 0 unspecified atom stereocenters. The average Bonchev–Trinajstić information content (AvgIpc) is 3.35. The minimum Gasteiger partial charge on any atom is -0.393 e. The molecule has 0 amide bonds. The Bertz CT molecular complexity index is 804. The van der Waals surface area contributed by atoms with Crippen LogP contribution in [0.5, 0.6) is 0 Å². The first-order valence-electron chi connectivity index (χ1n) is 11.2. The second-order valence-corrected chi connectivity index (χ2v) is 10.9. The monoisotopic (exact) mass is 384 g/mol. The van der Waals surface area contributed by atoms with Crippen LogP contribution in [-0.4, -0.2) is 38.2 Å². The van der Waals surface area contributed by atoms with Gasteiger partial charge in [-0.1, -0.05) is 13.8 Å². The molecule has 1 saturated heterocycles. The maximum absolute atomic E-state index is 12.0. The molecule has 1 aliphatic heterocycles. The number of epoxide rings is 1. The van der Waals surface area contributed by atoms with Crippen molar-refractivity contribution in [2.45, 2.75) is 88.6 Å². The van der Waals surface area contributed by atoms with Crippen molar-refractivity contribution in [2.75, 3.05) is 0 Å². The molecule has 28 heavy (non-hydrogen) atoms. The van der Waals surface area contributed by atoms with E-state index in [2.05, 4.69) is 24.0 Å². The molecule has 4 aliphatic carbocycles. The van der Waals surface area contributed by atoms with E-state index in [1.807, 2.05) is 6.07 Å². The van der Waals surface area contributed by atoms with Gasteiger partial charge in [0.05, 0.1) is 18.4 Å². The molecule has 5 aliphatic rings. The molecule has 2 heterocycles. The fourth-order valence-corrected chi connectivity index (χ4v) is 8.67. The Labute approximate surface area is 166 Å². The van der Waals surface area contributed by atoms with Crippen molar-refractivity contribution in [3.63, 3.8) is 0 Å². The van der Waals surface area contributed by atoms with Crippen LogP contribution in [0.25, 0.3) is 0 Å². The Morgan fingerprint density at radius 3 is 2.71 bits per heavy atom. The molecule has 1 aromatic rings. The number of hydrogen-bond acceptors (Lipinski definition) is 5. The third-order valence-electron chi connectivity index (χ3n) is 10.2. The van der Waals surface area contributed by atoms with E-state index in [4.69, 9.17) is 4.74 Å². The predicted octanol–water partition coefficient (Wildman–Crippen LogP) is 3.20. The summed E-state index contributed by atoms with van der Waals surface area (Å²) in [5.74, 6) is 1.81. The van der Waals surface area contributed by atoms with E-state index < -0.39 is 5.60 Å². The molecule has 0 bridgehead atoms. The number of rotatable bonds is 1. The van der Waals surface area contributed by atoms with Crippen LogP contribution in [0, 0.1) is 28.6 Å². The minimum atomic E-state index is -0.878. The van der Waals surface area contributed by atoms with E-state index in [9.17, 15) is 10.2 Å². The van der Waals surface area contributed by atoms with Crippen LogP contribution in [0.1, 0.15) is 70.8 Å². The number of aliphatic hydroxyl groups excluding tert-OH is 1. The Balaban J connectivity index is 1.39. The normalized spacial score (nSPS) is 56.9. The molecule has 4 saturated carbocycles.